The number of methoxy groups -OCH3 is 1. The number of rotatable bonds is 3. The van der Waals surface area contributed by atoms with Crippen molar-refractivity contribution in [3.05, 3.63) is 65.5 Å². The number of fused-ring (bicyclic) bond motifs is 6. The third-order valence-electron chi connectivity index (χ3n) is 7.91. The van der Waals surface area contributed by atoms with Crippen molar-refractivity contribution in [3.8, 4) is 0 Å². The third-order valence-corrected chi connectivity index (χ3v) is 7.91. The zero-order chi connectivity index (χ0) is 22.0. The van der Waals surface area contributed by atoms with Crippen molar-refractivity contribution in [3.63, 3.8) is 0 Å². The van der Waals surface area contributed by atoms with E-state index < -0.39 is 16.8 Å². The maximum absolute atomic E-state index is 14.0. The second-order valence-corrected chi connectivity index (χ2v) is 9.26. The fourth-order valence-corrected chi connectivity index (χ4v) is 5.66. The third kappa shape index (κ3) is 2.33. The molecule has 0 radical (unpaired) electrons. The van der Waals surface area contributed by atoms with Crippen LogP contribution >= 0.6 is 0 Å². The number of anilines is 1. The van der Waals surface area contributed by atoms with Crippen molar-refractivity contribution in [2.45, 2.75) is 44.4 Å². The van der Waals surface area contributed by atoms with E-state index in [1.165, 1.54) is 7.11 Å². The van der Waals surface area contributed by atoms with Gasteiger partial charge < -0.3 is 10.1 Å². The molecule has 31 heavy (non-hydrogen) atoms. The summed E-state index contributed by atoms with van der Waals surface area (Å²) in [4.78, 5) is 36.2. The minimum Gasteiger partial charge on any atom is -0.465 e. The van der Waals surface area contributed by atoms with E-state index in [4.69, 9.17) is 14.7 Å². The molecule has 6 nitrogen and oxygen atoms in total. The molecule has 0 unspecified atom stereocenters. The summed E-state index contributed by atoms with van der Waals surface area (Å²) in [5.74, 6) is -0.637. The van der Waals surface area contributed by atoms with Gasteiger partial charge in [-0.1, -0.05) is 45.0 Å². The van der Waals surface area contributed by atoms with E-state index in [-0.39, 0.29) is 11.3 Å². The van der Waals surface area contributed by atoms with Gasteiger partial charge in [-0.2, -0.15) is 0 Å². The van der Waals surface area contributed by atoms with Crippen LogP contribution in [0.5, 0.6) is 0 Å². The van der Waals surface area contributed by atoms with Gasteiger partial charge in [0.2, 0.25) is 5.91 Å². The van der Waals surface area contributed by atoms with Crippen molar-refractivity contribution in [1.82, 2.24) is 9.97 Å². The molecule has 2 bridgehead atoms. The van der Waals surface area contributed by atoms with Gasteiger partial charge in [0.1, 0.15) is 0 Å². The lowest BCUT2D eigenvalue weighted by Crippen LogP contribution is -2.48. The predicted octanol–water partition coefficient (Wildman–Crippen LogP) is 4.38. The Morgan fingerprint density at radius 3 is 2.19 bits per heavy atom. The zero-order valence-corrected chi connectivity index (χ0v) is 18.2. The van der Waals surface area contributed by atoms with E-state index in [1.807, 2.05) is 24.3 Å². The first-order valence-electron chi connectivity index (χ1n) is 10.5. The van der Waals surface area contributed by atoms with Crippen LogP contribution in [0.2, 0.25) is 0 Å². The number of nitrogens with one attached hydrogen (secondary N) is 1. The number of esters is 1. The van der Waals surface area contributed by atoms with Gasteiger partial charge in [-0.05, 0) is 42.5 Å². The first kappa shape index (κ1) is 19.7. The van der Waals surface area contributed by atoms with E-state index in [9.17, 15) is 9.59 Å². The van der Waals surface area contributed by atoms with Crippen LogP contribution in [-0.2, 0) is 20.4 Å². The Balaban J connectivity index is 1.67. The Hall–Kier alpha value is -3.28. The highest BCUT2D eigenvalue weighted by Crippen LogP contribution is 2.70. The highest BCUT2D eigenvalue weighted by atomic mass is 16.5. The molecule has 158 valence electrons. The number of hydrogen-bond donors (Lipinski definition) is 1. The summed E-state index contributed by atoms with van der Waals surface area (Å²) in [6.45, 7) is 6.47. The summed E-state index contributed by atoms with van der Waals surface area (Å²) in [5, 5.41) is 3.04. The molecule has 1 saturated carbocycles. The number of nitrogens with zero attached hydrogens (tertiary/aromatic N) is 2. The van der Waals surface area contributed by atoms with Crippen LogP contribution in [0.3, 0.4) is 0 Å². The van der Waals surface area contributed by atoms with Crippen LogP contribution in [0.25, 0.3) is 11.0 Å². The smallest absolute Gasteiger partial charge is 0.339 e. The first-order valence-corrected chi connectivity index (χ1v) is 10.5. The molecular weight excluding hydrogens is 390 g/mol. The molecule has 3 aromatic rings. The molecule has 1 fully saturated rings. The van der Waals surface area contributed by atoms with Crippen LogP contribution in [0.1, 0.15) is 55.4 Å². The van der Waals surface area contributed by atoms with Crippen LogP contribution in [0, 0.1) is 5.41 Å². The minimum absolute atomic E-state index is 0.152. The fourth-order valence-electron chi connectivity index (χ4n) is 5.66. The van der Waals surface area contributed by atoms with Gasteiger partial charge in [0, 0.05) is 5.41 Å². The number of para-hydroxylation sites is 3. The summed E-state index contributed by atoms with van der Waals surface area (Å²) < 4.78 is 4.89. The van der Waals surface area contributed by atoms with Gasteiger partial charge >= 0.3 is 5.97 Å². The Kier molecular flexibility index (Phi) is 4.04. The van der Waals surface area contributed by atoms with E-state index in [0.717, 1.165) is 28.8 Å². The quantitative estimate of drug-likeness (QED) is 0.642. The van der Waals surface area contributed by atoms with Gasteiger partial charge in [0.15, 0.2) is 0 Å². The van der Waals surface area contributed by atoms with Gasteiger partial charge in [-0.15, -0.1) is 0 Å². The number of carbonyl (C=O) groups excluding carboxylic acids is 2. The number of carbonyl (C=O) groups is 2. The topological polar surface area (TPSA) is 81.2 Å². The first-order chi connectivity index (χ1) is 14.8. The molecule has 2 aliphatic rings. The lowest BCUT2D eigenvalue weighted by molar-refractivity contribution is -0.125. The van der Waals surface area contributed by atoms with Crippen molar-refractivity contribution < 1.29 is 14.3 Å². The lowest BCUT2D eigenvalue weighted by atomic mass is 9.63. The summed E-state index contributed by atoms with van der Waals surface area (Å²) >= 11 is 0. The highest BCUT2D eigenvalue weighted by Gasteiger charge is 2.73. The van der Waals surface area contributed by atoms with Gasteiger partial charge in [0.25, 0.3) is 0 Å². The fraction of sp³-hybridized carbons (Fsp3) is 0.360. The second-order valence-electron chi connectivity index (χ2n) is 9.26. The molecule has 1 N–H and O–H groups in total. The monoisotopic (exact) mass is 415 g/mol. The van der Waals surface area contributed by atoms with E-state index in [2.05, 4.69) is 26.1 Å². The second kappa shape index (κ2) is 6.36. The van der Waals surface area contributed by atoms with Crippen LogP contribution in [0.15, 0.2) is 48.5 Å². The maximum atomic E-state index is 14.0. The lowest BCUT2D eigenvalue weighted by Gasteiger charge is -2.39. The standard InChI is InChI=1S/C25H25N3O3/c1-23(2)24(3)13-14-25(23,20-19(24)26-17-11-7-8-12-18(17)27-20)22(30)28-16-10-6-5-9-15(16)21(29)31-4/h5-12H,13-14H2,1-4H3,(H,28,30)/t24-,25-/m1/s1. The number of aromatic nitrogens is 2. The zero-order valence-electron chi connectivity index (χ0n) is 18.2. The summed E-state index contributed by atoms with van der Waals surface area (Å²) in [7, 11) is 1.33. The van der Waals surface area contributed by atoms with Crippen molar-refractivity contribution in [2.24, 2.45) is 5.41 Å². The van der Waals surface area contributed by atoms with E-state index in [1.54, 1.807) is 24.3 Å². The Labute approximate surface area is 181 Å². The molecular formula is C25H25N3O3. The van der Waals surface area contributed by atoms with Gasteiger partial charge in [0.05, 0.1) is 46.2 Å². The largest absolute Gasteiger partial charge is 0.465 e. The highest BCUT2D eigenvalue weighted by molar-refractivity contribution is 6.06. The van der Waals surface area contributed by atoms with Crippen molar-refractivity contribution >= 4 is 28.6 Å². The van der Waals surface area contributed by atoms with E-state index >= 15 is 0 Å². The average Bonchev–Trinajstić information content (AvgIpc) is 3.07. The Morgan fingerprint density at radius 2 is 1.52 bits per heavy atom. The molecule has 5 rings (SSSR count). The number of hydrogen-bond acceptors (Lipinski definition) is 5. The average molecular weight is 415 g/mol. The Bertz CT molecular complexity index is 1250. The Morgan fingerprint density at radius 1 is 0.903 bits per heavy atom. The SMILES string of the molecule is COC(=O)c1ccccc1NC(=O)[C@@]12CC[C@](C)(c3nc4ccccc4nc31)C2(C)C. The van der Waals surface area contributed by atoms with Crippen LogP contribution in [0.4, 0.5) is 5.69 Å². The number of ether oxygens (including phenoxy) is 1. The van der Waals surface area contributed by atoms with Crippen LogP contribution < -0.4 is 5.32 Å². The minimum atomic E-state index is -0.836. The molecule has 0 aliphatic heterocycles. The predicted molar refractivity (Wildman–Crippen MR) is 118 cm³/mol. The summed E-state index contributed by atoms with van der Waals surface area (Å²) in [6.07, 6.45) is 1.54. The van der Waals surface area contributed by atoms with E-state index in [0.29, 0.717) is 17.7 Å². The molecule has 1 heterocycles. The van der Waals surface area contributed by atoms with Crippen LogP contribution in [-0.4, -0.2) is 29.0 Å². The van der Waals surface area contributed by atoms with Crippen molar-refractivity contribution in [2.75, 3.05) is 12.4 Å². The van der Waals surface area contributed by atoms with Gasteiger partial charge in [-0.3, -0.25) is 4.79 Å². The molecule has 0 spiro atoms. The normalized spacial score (nSPS) is 25.3. The summed E-state index contributed by atoms with van der Waals surface area (Å²) in [5.41, 5.74) is 2.58. The molecule has 2 aromatic carbocycles. The molecule has 0 saturated heterocycles. The number of benzene rings is 2. The number of amides is 1. The molecule has 6 heteroatoms. The molecule has 2 atom stereocenters. The summed E-state index contributed by atoms with van der Waals surface area (Å²) in [6, 6.07) is 14.7. The van der Waals surface area contributed by atoms with Gasteiger partial charge in [-0.25, -0.2) is 14.8 Å². The maximum Gasteiger partial charge on any atom is 0.339 e. The molecule has 2 aliphatic carbocycles. The molecule has 1 amide bonds. The molecule has 1 aromatic heterocycles. The van der Waals surface area contributed by atoms with Crippen molar-refractivity contribution in [1.29, 1.82) is 0 Å².